The molecule has 0 saturated heterocycles. The molecule has 3 unspecified atom stereocenters. The second-order valence-corrected chi connectivity index (χ2v) is 3.43. The van der Waals surface area contributed by atoms with Crippen molar-refractivity contribution in [3.63, 3.8) is 0 Å². The zero-order valence-electron chi connectivity index (χ0n) is 5.15. The first-order chi connectivity index (χ1) is 3.89. The van der Waals surface area contributed by atoms with Crippen molar-refractivity contribution in [2.75, 3.05) is 0 Å². The molecule has 0 amide bonds. The van der Waals surface area contributed by atoms with Gasteiger partial charge >= 0.3 is 0 Å². The molecule has 0 nitrogen and oxygen atoms in total. The standard InChI is InChI=1S/C8H10/c1-2-5-3-6-7-4-8(5,6)7/h4-6H,2-3H2,1H3. The molecule has 0 heterocycles. The molecule has 0 aromatic rings. The minimum atomic E-state index is 0.814. The lowest BCUT2D eigenvalue weighted by Crippen LogP contribution is -2.23. The van der Waals surface area contributed by atoms with Crippen LogP contribution in [0.4, 0.5) is 0 Å². The molecule has 3 rings (SSSR count). The molecule has 8 heavy (non-hydrogen) atoms. The van der Waals surface area contributed by atoms with Crippen molar-refractivity contribution in [2.45, 2.75) is 19.8 Å². The van der Waals surface area contributed by atoms with Gasteiger partial charge in [0, 0.05) is 5.41 Å². The molecule has 2 saturated carbocycles. The summed E-state index contributed by atoms with van der Waals surface area (Å²) in [5, 5.41) is 0. The van der Waals surface area contributed by atoms with Gasteiger partial charge in [-0.25, -0.2) is 0 Å². The van der Waals surface area contributed by atoms with E-state index in [-0.39, 0.29) is 0 Å². The first kappa shape index (κ1) is 3.71. The van der Waals surface area contributed by atoms with Crippen molar-refractivity contribution in [1.29, 1.82) is 0 Å². The monoisotopic (exact) mass is 106 g/mol. The van der Waals surface area contributed by atoms with Crippen molar-refractivity contribution in [3.8, 4) is 0 Å². The van der Waals surface area contributed by atoms with Crippen LogP contribution >= 0.6 is 0 Å². The fourth-order valence-electron chi connectivity index (χ4n) is 2.57. The summed E-state index contributed by atoms with van der Waals surface area (Å²) in [7, 11) is 0. The van der Waals surface area contributed by atoms with E-state index in [9.17, 15) is 0 Å². The highest BCUT2D eigenvalue weighted by Crippen LogP contribution is 2.87. The highest BCUT2D eigenvalue weighted by atomic mass is 14.8. The van der Waals surface area contributed by atoms with E-state index in [2.05, 4.69) is 13.0 Å². The van der Waals surface area contributed by atoms with E-state index < -0.39 is 0 Å². The Bertz CT molecular complexity index is 190. The summed E-state index contributed by atoms with van der Waals surface area (Å²) < 4.78 is 0. The Morgan fingerprint density at radius 3 is 2.88 bits per heavy atom. The lowest BCUT2D eigenvalue weighted by Gasteiger charge is -2.30. The predicted molar refractivity (Wildman–Crippen MR) is 32.4 cm³/mol. The van der Waals surface area contributed by atoms with E-state index in [1.165, 1.54) is 12.8 Å². The average Bonchev–Trinajstić information content (AvgIpc) is 2.53. The molecular formula is C8H10. The van der Waals surface area contributed by atoms with Crippen molar-refractivity contribution < 1.29 is 0 Å². The second-order valence-electron chi connectivity index (χ2n) is 3.43. The molecule has 0 aliphatic heterocycles. The van der Waals surface area contributed by atoms with Crippen LogP contribution in [-0.2, 0) is 0 Å². The molecule has 3 aliphatic rings. The SMILES string of the molecule is CCC1CC2C3=CC312. The molecule has 42 valence electrons. The van der Waals surface area contributed by atoms with Gasteiger partial charge in [-0.1, -0.05) is 25.0 Å². The Morgan fingerprint density at radius 1 is 1.88 bits per heavy atom. The Morgan fingerprint density at radius 2 is 2.75 bits per heavy atom. The molecule has 3 atom stereocenters. The van der Waals surface area contributed by atoms with Crippen LogP contribution in [-0.4, -0.2) is 0 Å². The lowest BCUT2D eigenvalue weighted by molar-refractivity contribution is 0.212. The van der Waals surface area contributed by atoms with E-state index in [1.807, 2.05) is 5.57 Å². The van der Waals surface area contributed by atoms with E-state index in [1.54, 1.807) is 0 Å². The molecular weight excluding hydrogens is 96.1 g/mol. The number of allylic oxidation sites excluding steroid dienone is 2. The van der Waals surface area contributed by atoms with E-state index in [4.69, 9.17) is 0 Å². The first-order valence-electron chi connectivity index (χ1n) is 3.63. The van der Waals surface area contributed by atoms with Gasteiger partial charge in [0.15, 0.2) is 0 Å². The Kier molecular flexibility index (Phi) is 0.327. The average molecular weight is 106 g/mol. The highest BCUT2D eigenvalue weighted by molar-refractivity contribution is 5.65. The largest absolute Gasteiger partial charge is 0.0730 e. The normalized spacial score (nSPS) is 62.4. The van der Waals surface area contributed by atoms with Crippen LogP contribution < -0.4 is 0 Å². The minimum absolute atomic E-state index is 0.814. The lowest BCUT2D eigenvalue weighted by atomic mass is 9.73. The smallest absolute Gasteiger partial charge is 0.0191 e. The Hall–Kier alpha value is -0.260. The van der Waals surface area contributed by atoms with Crippen molar-refractivity contribution in [3.05, 3.63) is 11.6 Å². The first-order valence-corrected chi connectivity index (χ1v) is 3.63. The molecule has 0 aromatic heterocycles. The maximum Gasteiger partial charge on any atom is 0.0191 e. The van der Waals surface area contributed by atoms with Crippen molar-refractivity contribution in [2.24, 2.45) is 17.3 Å². The molecule has 3 aliphatic carbocycles. The van der Waals surface area contributed by atoms with Crippen molar-refractivity contribution in [1.82, 2.24) is 0 Å². The van der Waals surface area contributed by atoms with Crippen LogP contribution in [0, 0.1) is 17.3 Å². The molecule has 0 heteroatoms. The highest BCUT2D eigenvalue weighted by Gasteiger charge is 2.79. The number of hydrogen-bond acceptors (Lipinski definition) is 0. The van der Waals surface area contributed by atoms with Gasteiger partial charge in [-0.05, 0) is 18.3 Å². The number of rotatable bonds is 1. The van der Waals surface area contributed by atoms with Gasteiger partial charge < -0.3 is 0 Å². The summed E-state index contributed by atoms with van der Waals surface area (Å²) >= 11 is 0. The molecule has 2 fully saturated rings. The quantitative estimate of drug-likeness (QED) is 0.448. The molecule has 0 aromatic carbocycles. The van der Waals surface area contributed by atoms with Crippen LogP contribution in [0.2, 0.25) is 0 Å². The molecule has 1 spiro atoms. The fourth-order valence-corrected chi connectivity index (χ4v) is 2.57. The van der Waals surface area contributed by atoms with Crippen LogP contribution in [0.5, 0.6) is 0 Å². The van der Waals surface area contributed by atoms with Gasteiger partial charge in [0.25, 0.3) is 0 Å². The molecule has 0 bridgehead atoms. The van der Waals surface area contributed by atoms with Gasteiger partial charge in [-0.3, -0.25) is 0 Å². The van der Waals surface area contributed by atoms with Gasteiger partial charge in [0.2, 0.25) is 0 Å². The van der Waals surface area contributed by atoms with Crippen LogP contribution in [0.25, 0.3) is 0 Å². The zero-order chi connectivity index (χ0) is 5.35. The Balaban J connectivity index is 1.93. The molecule has 0 N–H and O–H groups in total. The number of fused-ring (bicyclic) bond motifs is 1. The topological polar surface area (TPSA) is 0 Å². The van der Waals surface area contributed by atoms with Gasteiger partial charge in [-0.2, -0.15) is 0 Å². The maximum absolute atomic E-state index is 2.48. The predicted octanol–water partition coefficient (Wildman–Crippen LogP) is 1.97. The van der Waals surface area contributed by atoms with Gasteiger partial charge in [0.05, 0.1) is 0 Å². The van der Waals surface area contributed by atoms with Crippen molar-refractivity contribution >= 4 is 0 Å². The maximum atomic E-state index is 2.48. The van der Waals surface area contributed by atoms with Gasteiger partial charge in [-0.15, -0.1) is 0 Å². The third-order valence-electron chi connectivity index (χ3n) is 3.37. The van der Waals surface area contributed by atoms with E-state index >= 15 is 0 Å². The van der Waals surface area contributed by atoms with Crippen LogP contribution in [0.1, 0.15) is 19.8 Å². The number of hydrogen-bond donors (Lipinski definition) is 0. The Labute approximate surface area is 49.6 Å². The van der Waals surface area contributed by atoms with E-state index in [0.29, 0.717) is 0 Å². The summed E-state index contributed by atoms with van der Waals surface area (Å²) in [6.45, 7) is 2.32. The summed E-state index contributed by atoms with van der Waals surface area (Å²) in [5.74, 6) is 2.20. The molecule has 0 radical (unpaired) electrons. The minimum Gasteiger partial charge on any atom is -0.0730 e. The third-order valence-corrected chi connectivity index (χ3v) is 3.37. The fraction of sp³-hybridized carbons (Fsp3) is 0.750. The summed E-state index contributed by atoms with van der Waals surface area (Å²) in [4.78, 5) is 0. The third kappa shape index (κ3) is 0.156. The second kappa shape index (κ2) is 0.706. The van der Waals surface area contributed by atoms with Crippen LogP contribution in [0.15, 0.2) is 11.6 Å². The summed E-state index contributed by atoms with van der Waals surface area (Å²) in [5.41, 5.74) is 2.64. The summed E-state index contributed by atoms with van der Waals surface area (Å²) in [6.07, 6.45) is 5.42. The van der Waals surface area contributed by atoms with Gasteiger partial charge in [0.1, 0.15) is 0 Å². The summed E-state index contributed by atoms with van der Waals surface area (Å²) in [6, 6.07) is 0. The zero-order valence-corrected chi connectivity index (χ0v) is 5.15. The van der Waals surface area contributed by atoms with E-state index in [0.717, 1.165) is 17.3 Å². The van der Waals surface area contributed by atoms with Crippen LogP contribution in [0.3, 0.4) is 0 Å².